The number of benzene rings is 1. The first-order chi connectivity index (χ1) is 11.9. The van der Waals surface area contributed by atoms with Crippen LogP contribution in [0.5, 0.6) is 5.75 Å². The smallest absolute Gasteiger partial charge is 0.308 e. The van der Waals surface area contributed by atoms with Crippen LogP contribution in [0.1, 0.15) is 26.3 Å². The Balaban J connectivity index is 2.71. The maximum Gasteiger partial charge on any atom is 0.308 e. The summed E-state index contributed by atoms with van der Waals surface area (Å²) < 4.78 is 30.2. The van der Waals surface area contributed by atoms with E-state index in [1.165, 1.54) is 13.8 Å². The average Bonchev–Trinajstić information content (AvgIpc) is 2.50. The summed E-state index contributed by atoms with van der Waals surface area (Å²) in [7, 11) is -3.58. The van der Waals surface area contributed by atoms with E-state index in [-0.39, 0.29) is 13.0 Å². The lowest BCUT2D eigenvalue weighted by Crippen LogP contribution is -2.55. The van der Waals surface area contributed by atoms with Gasteiger partial charge in [0, 0.05) is 6.54 Å². The van der Waals surface area contributed by atoms with E-state index in [1.54, 1.807) is 24.3 Å². The number of nitrogens with one attached hydrogen (secondary N) is 2. The van der Waals surface area contributed by atoms with Crippen LogP contribution in [-0.4, -0.2) is 50.3 Å². The fraction of sp³-hybridized carbons (Fsp3) is 0.529. The van der Waals surface area contributed by atoms with Crippen molar-refractivity contribution in [3.63, 3.8) is 0 Å². The summed E-state index contributed by atoms with van der Waals surface area (Å²) in [6.45, 7) is 5.12. The third kappa shape index (κ3) is 7.40. The molecule has 1 aromatic rings. The number of sulfonamides is 1. The third-order valence-corrected chi connectivity index (χ3v) is 4.46. The Kier molecular flexibility index (Phi) is 7.58. The summed E-state index contributed by atoms with van der Waals surface area (Å²) in [5.41, 5.74) is -0.584. The number of carbonyl (C=O) groups is 2. The van der Waals surface area contributed by atoms with Crippen molar-refractivity contribution >= 4 is 21.9 Å². The van der Waals surface area contributed by atoms with Crippen LogP contribution in [0.3, 0.4) is 0 Å². The zero-order chi connectivity index (χ0) is 20.0. The van der Waals surface area contributed by atoms with Crippen LogP contribution in [-0.2, 0) is 26.0 Å². The molecule has 0 aliphatic rings. The molecule has 3 N–H and O–H groups in total. The Bertz CT molecular complexity index is 728. The minimum absolute atomic E-state index is 0.115. The second-order valence-electron chi connectivity index (χ2n) is 6.53. The van der Waals surface area contributed by atoms with Crippen LogP contribution in [0, 0.1) is 5.92 Å². The van der Waals surface area contributed by atoms with Gasteiger partial charge in [-0.1, -0.05) is 12.1 Å². The summed E-state index contributed by atoms with van der Waals surface area (Å²) in [5, 5.41) is 11.9. The molecular formula is C17H26N2O6S. The second-order valence-corrected chi connectivity index (χ2v) is 8.27. The van der Waals surface area contributed by atoms with Crippen molar-refractivity contribution in [3.05, 3.63) is 29.8 Å². The van der Waals surface area contributed by atoms with E-state index in [9.17, 15) is 23.1 Å². The Morgan fingerprint density at radius 1 is 1.23 bits per heavy atom. The van der Waals surface area contributed by atoms with E-state index in [1.807, 2.05) is 6.92 Å². The van der Waals surface area contributed by atoms with Gasteiger partial charge >= 0.3 is 5.97 Å². The topological polar surface area (TPSA) is 122 Å². The van der Waals surface area contributed by atoms with Crippen LogP contribution >= 0.6 is 0 Å². The molecule has 8 nitrogen and oxygen atoms in total. The Morgan fingerprint density at radius 2 is 1.81 bits per heavy atom. The minimum atomic E-state index is -3.58. The number of ether oxygens (including phenoxy) is 1. The maximum atomic E-state index is 12.2. The largest absolute Gasteiger partial charge is 0.494 e. The monoisotopic (exact) mass is 386 g/mol. The number of hydrogen-bond donors (Lipinski definition) is 3. The first-order valence-electron chi connectivity index (χ1n) is 8.16. The quantitative estimate of drug-likeness (QED) is 0.546. The lowest BCUT2D eigenvalue weighted by Gasteiger charge is -2.25. The van der Waals surface area contributed by atoms with Crippen LogP contribution in [0.15, 0.2) is 24.3 Å². The molecule has 0 bridgehead atoms. The number of hydrogen-bond acceptors (Lipinski definition) is 5. The predicted molar refractivity (Wildman–Crippen MR) is 97.5 cm³/mol. The highest BCUT2D eigenvalue weighted by Gasteiger charge is 2.31. The zero-order valence-corrected chi connectivity index (χ0v) is 16.2. The van der Waals surface area contributed by atoms with Crippen molar-refractivity contribution in [2.24, 2.45) is 5.92 Å². The van der Waals surface area contributed by atoms with Crippen molar-refractivity contribution in [3.8, 4) is 5.75 Å². The van der Waals surface area contributed by atoms with Gasteiger partial charge in [0.1, 0.15) is 11.3 Å². The Morgan fingerprint density at radius 3 is 2.27 bits per heavy atom. The molecule has 1 rings (SSSR count). The van der Waals surface area contributed by atoms with Crippen molar-refractivity contribution in [1.29, 1.82) is 0 Å². The van der Waals surface area contributed by atoms with Gasteiger partial charge in [-0.05, 0) is 44.9 Å². The van der Waals surface area contributed by atoms with Gasteiger partial charge < -0.3 is 15.2 Å². The van der Waals surface area contributed by atoms with Crippen molar-refractivity contribution < 1.29 is 27.9 Å². The molecule has 1 amide bonds. The summed E-state index contributed by atoms with van der Waals surface area (Å²) in [6, 6.07) is 7.07. The average molecular weight is 386 g/mol. The molecule has 0 aliphatic carbocycles. The molecule has 0 saturated carbocycles. The van der Waals surface area contributed by atoms with Crippen molar-refractivity contribution in [2.75, 3.05) is 19.4 Å². The SMILES string of the molecule is CCOc1ccc(CC(CNC(=O)C(C)(C)NS(C)(=O)=O)C(=O)O)cc1. The van der Waals surface area contributed by atoms with Crippen molar-refractivity contribution in [2.45, 2.75) is 32.7 Å². The Hall–Kier alpha value is -2.13. The van der Waals surface area contributed by atoms with Crippen LogP contribution in [0.25, 0.3) is 0 Å². The fourth-order valence-corrected chi connectivity index (χ4v) is 3.39. The lowest BCUT2D eigenvalue weighted by atomic mass is 9.98. The van der Waals surface area contributed by atoms with Gasteiger partial charge in [-0.25, -0.2) is 13.1 Å². The molecule has 0 fully saturated rings. The normalized spacial score (nSPS) is 13.1. The summed E-state index contributed by atoms with van der Waals surface area (Å²) in [5.74, 6) is -1.79. The summed E-state index contributed by atoms with van der Waals surface area (Å²) in [6.07, 6.45) is 1.18. The molecule has 26 heavy (non-hydrogen) atoms. The molecule has 146 valence electrons. The molecule has 0 heterocycles. The van der Waals surface area contributed by atoms with Crippen molar-refractivity contribution in [1.82, 2.24) is 10.0 Å². The number of carboxylic acids is 1. The highest BCUT2D eigenvalue weighted by Crippen LogP contribution is 2.15. The van der Waals surface area contributed by atoms with E-state index in [4.69, 9.17) is 4.74 Å². The fourth-order valence-electron chi connectivity index (χ4n) is 2.37. The predicted octanol–water partition coefficient (Wildman–Crippen LogP) is 0.773. The molecule has 9 heteroatoms. The number of amides is 1. The Labute approximate surface area is 154 Å². The first kappa shape index (κ1) is 21.9. The molecule has 0 radical (unpaired) electrons. The minimum Gasteiger partial charge on any atom is -0.494 e. The van der Waals surface area contributed by atoms with Gasteiger partial charge in [0.2, 0.25) is 15.9 Å². The maximum absolute atomic E-state index is 12.2. The van der Waals surface area contributed by atoms with Crippen LogP contribution in [0.4, 0.5) is 0 Å². The first-order valence-corrected chi connectivity index (χ1v) is 10.1. The number of aliphatic carboxylic acids is 1. The highest BCUT2D eigenvalue weighted by molar-refractivity contribution is 7.88. The molecule has 0 spiro atoms. The van der Waals surface area contributed by atoms with Gasteiger partial charge in [-0.15, -0.1) is 0 Å². The van der Waals surface area contributed by atoms with Gasteiger partial charge in [0.05, 0.1) is 18.8 Å². The van der Waals surface area contributed by atoms with Crippen LogP contribution < -0.4 is 14.8 Å². The highest BCUT2D eigenvalue weighted by atomic mass is 32.2. The number of carbonyl (C=O) groups excluding carboxylic acids is 1. The molecule has 0 saturated heterocycles. The number of carboxylic acid groups (broad SMARTS) is 1. The van der Waals surface area contributed by atoms with E-state index in [0.29, 0.717) is 12.4 Å². The second kappa shape index (κ2) is 9.00. The van der Waals surface area contributed by atoms with E-state index >= 15 is 0 Å². The van der Waals surface area contributed by atoms with Crippen LogP contribution in [0.2, 0.25) is 0 Å². The van der Waals surface area contributed by atoms with Gasteiger partial charge in [0.15, 0.2) is 0 Å². The van der Waals surface area contributed by atoms with E-state index in [2.05, 4.69) is 10.0 Å². The molecule has 0 aromatic heterocycles. The summed E-state index contributed by atoms with van der Waals surface area (Å²) in [4.78, 5) is 23.7. The molecule has 1 aromatic carbocycles. The van der Waals surface area contributed by atoms with Gasteiger partial charge in [0.25, 0.3) is 0 Å². The molecule has 1 unspecified atom stereocenters. The molecule has 1 atom stereocenters. The standard InChI is InChI=1S/C17H26N2O6S/c1-5-25-14-8-6-12(7-9-14)10-13(15(20)21)11-18-16(22)17(2,3)19-26(4,23)24/h6-9,13,19H,5,10-11H2,1-4H3,(H,18,22)(H,20,21). The summed E-state index contributed by atoms with van der Waals surface area (Å²) >= 11 is 0. The third-order valence-electron chi connectivity index (χ3n) is 3.58. The molecular weight excluding hydrogens is 360 g/mol. The van der Waals surface area contributed by atoms with E-state index in [0.717, 1.165) is 11.8 Å². The molecule has 0 aliphatic heterocycles. The van der Waals surface area contributed by atoms with Gasteiger partial charge in [-0.3, -0.25) is 9.59 Å². The van der Waals surface area contributed by atoms with Gasteiger partial charge in [-0.2, -0.15) is 0 Å². The van der Waals surface area contributed by atoms with E-state index < -0.39 is 33.4 Å². The number of rotatable bonds is 10. The zero-order valence-electron chi connectivity index (χ0n) is 15.4. The lowest BCUT2D eigenvalue weighted by molar-refractivity contribution is -0.141.